The third kappa shape index (κ3) is 1.79. The molecule has 0 unspecified atom stereocenters. The van der Waals surface area contributed by atoms with Gasteiger partial charge in [-0.3, -0.25) is 4.98 Å². The highest BCUT2D eigenvalue weighted by Gasteiger charge is 2.24. The van der Waals surface area contributed by atoms with Gasteiger partial charge in [-0.1, -0.05) is 0 Å². The zero-order valence-corrected chi connectivity index (χ0v) is 9.35. The number of nitrogens with zero attached hydrogens (tertiary/aromatic N) is 2. The first kappa shape index (κ1) is 10.1. The quantitative estimate of drug-likeness (QED) is 0.790. The predicted octanol–water partition coefficient (Wildman–Crippen LogP) is 0.605. The van der Waals surface area contributed by atoms with Crippen molar-refractivity contribution in [3.8, 4) is 0 Å². The van der Waals surface area contributed by atoms with E-state index in [1.165, 1.54) is 11.3 Å². The lowest BCUT2D eigenvalue weighted by atomic mass is 9.93. The topological polar surface area (TPSA) is 37.4 Å². The van der Waals surface area contributed by atoms with Crippen LogP contribution >= 0.6 is 0 Å². The van der Waals surface area contributed by atoms with Crippen LogP contribution in [0.2, 0.25) is 0 Å². The highest BCUT2D eigenvalue weighted by atomic mass is 16.5. The van der Waals surface area contributed by atoms with Gasteiger partial charge in [-0.05, 0) is 11.6 Å². The van der Waals surface area contributed by atoms with E-state index in [1.807, 2.05) is 12.4 Å². The molecule has 0 amide bonds. The Kier molecular flexibility index (Phi) is 2.76. The lowest BCUT2D eigenvalue weighted by Gasteiger charge is -2.35. The molecule has 0 spiro atoms. The second-order valence-corrected chi connectivity index (χ2v) is 4.39. The van der Waals surface area contributed by atoms with Crippen molar-refractivity contribution in [1.82, 2.24) is 10.3 Å². The first-order valence-electron chi connectivity index (χ1n) is 5.92. The van der Waals surface area contributed by atoms with Crippen molar-refractivity contribution in [2.45, 2.75) is 5.92 Å². The van der Waals surface area contributed by atoms with Crippen molar-refractivity contribution in [2.75, 3.05) is 44.3 Å². The Morgan fingerprint density at radius 1 is 1.31 bits per heavy atom. The summed E-state index contributed by atoms with van der Waals surface area (Å²) in [6.07, 6.45) is 3.91. The van der Waals surface area contributed by atoms with Gasteiger partial charge >= 0.3 is 0 Å². The number of anilines is 1. The lowest BCUT2D eigenvalue weighted by molar-refractivity contribution is 0.122. The van der Waals surface area contributed by atoms with Crippen molar-refractivity contribution >= 4 is 5.69 Å². The fraction of sp³-hybridized carbons (Fsp3) is 0.583. The van der Waals surface area contributed by atoms with Crippen molar-refractivity contribution in [3.63, 3.8) is 0 Å². The van der Waals surface area contributed by atoms with E-state index in [1.54, 1.807) is 0 Å². The minimum atomic E-state index is 0.645. The van der Waals surface area contributed by atoms with Crippen LogP contribution in [0, 0.1) is 0 Å². The Bertz CT molecular complexity index is 359. The summed E-state index contributed by atoms with van der Waals surface area (Å²) < 4.78 is 5.39. The fourth-order valence-electron chi connectivity index (χ4n) is 2.31. The zero-order valence-electron chi connectivity index (χ0n) is 9.35. The third-order valence-corrected chi connectivity index (χ3v) is 3.40. The average Bonchev–Trinajstić information content (AvgIpc) is 2.29. The van der Waals surface area contributed by atoms with Crippen LogP contribution < -0.4 is 10.2 Å². The molecule has 4 nitrogen and oxygen atoms in total. The van der Waals surface area contributed by atoms with Crippen LogP contribution in [0.15, 0.2) is 18.5 Å². The predicted molar refractivity (Wildman–Crippen MR) is 62.9 cm³/mol. The van der Waals surface area contributed by atoms with Crippen molar-refractivity contribution < 1.29 is 4.74 Å². The molecule has 3 heterocycles. The van der Waals surface area contributed by atoms with E-state index in [9.17, 15) is 0 Å². The van der Waals surface area contributed by atoms with Gasteiger partial charge < -0.3 is 15.0 Å². The number of aromatic nitrogens is 1. The lowest BCUT2D eigenvalue weighted by Crippen LogP contribution is -2.42. The molecular formula is C12H17N3O. The Morgan fingerprint density at radius 2 is 2.12 bits per heavy atom. The van der Waals surface area contributed by atoms with Gasteiger partial charge in [0.1, 0.15) is 0 Å². The Balaban J connectivity index is 1.86. The van der Waals surface area contributed by atoms with Crippen LogP contribution in [0.4, 0.5) is 5.69 Å². The molecule has 2 fully saturated rings. The van der Waals surface area contributed by atoms with Gasteiger partial charge in [-0.15, -0.1) is 0 Å². The summed E-state index contributed by atoms with van der Waals surface area (Å²) in [6, 6.07) is 2.14. The van der Waals surface area contributed by atoms with E-state index in [0.717, 1.165) is 39.4 Å². The van der Waals surface area contributed by atoms with E-state index in [2.05, 4.69) is 21.3 Å². The number of morpholine rings is 1. The summed E-state index contributed by atoms with van der Waals surface area (Å²) in [4.78, 5) is 6.67. The van der Waals surface area contributed by atoms with E-state index in [0.29, 0.717) is 5.92 Å². The molecule has 0 bridgehead atoms. The van der Waals surface area contributed by atoms with Crippen LogP contribution in [-0.2, 0) is 4.74 Å². The molecule has 1 N–H and O–H groups in total. The Morgan fingerprint density at radius 3 is 2.81 bits per heavy atom. The van der Waals surface area contributed by atoms with Crippen LogP contribution in [0.1, 0.15) is 11.5 Å². The molecule has 0 aliphatic carbocycles. The van der Waals surface area contributed by atoms with Gasteiger partial charge in [0.05, 0.1) is 13.2 Å². The average molecular weight is 219 g/mol. The second kappa shape index (κ2) is 4.39. The highest BCUT2D eigenvalue weighted by molar-refractivity contribution is 5.54. The van der Waals surface area contributed by atoms with Crippen molar-refractivity contribution in [2.24, 2.45) is 0 Å². The highest BCUT2D eigenvalue weighted by Crippen LogP contribution is 2.29. The maximum absolute atomic E-state index is 5.39. The third-order valence-electron chi connectivity index (χ3n) is 3.40. The first-order chi connectivity index (χ1) is 7.95. The number of nitrogens with one attached hydrogen (secondary N) is 1. The Labute approximate surface area is 95.6 Å². The molecular weight excluding hydrogens is 202 g/mol. The van der Waals surface area contributed by atoms with E-state index in [-0.39, 0.29) is 0 Å². The van der Waals surface area contributed by atoms with Crippen molar-refractivity contribution in [1.29, 1.82) is 0 Å². The van der Waals surface area contributed by atoms with Crippen molar-refractivity contribution in [3.05, 3.63) is 24.0 Å². The van der Waals surface area contributed by atoms with Gasteiger partial charge in [0.25, 0.3) is 0 Å². The molecule has 0 aromatic carbocycles. The first-order valence-corrected chi connectivity index (χ1v) is 5.92. The van der Waals surface area contributed by atoms with Crippen LogP contribution in [0.5, 0.6) is 0 Å². The summed E-state index contributed by atoms with van der Waals surface area (Å²) in [5, 5.41) is 3.32. The van der Waals surface area contributed by atoms with Gasteiger partial charge in [0.15, 0.2) is 0 Å². The fourth-order valence-corrected chi connectivity index (χ4v) is 2.31. The Hall–Kier alpha value is -1.13. The monoisotopic (exact) mass is 219 g/mol. The molecule has 4 heteroatoms. The van der Waals surface area contributed by atoms with Gasteiger partial charge in [0, 0.05) is 50.2 Å². The molecule has 2 aliphatic rings. The summed E-state index contributed by atoms with van der Waals surface area (Å²) in [7, 11) is 0. The maximum Gasteiger partial charge on any atom is 0.0642 e. The molecule has 0 radical (unpaired) electrons. The molecule has 16 heavy (non-hydrogen) atoms. The molecule has 1 aromatic heterocycles. The number of rotatable bonds is 2. The normalized spacial score (nSPS) is 21.9. The minimum absolute atomic E-state index is 0.645. The van der Waals surface area contributed by atoms with E-state index >= 15 is 0 Å². The summed E-state index contributed by atoms with van der Waals surface area (Å²) in [5.41, 5.74) is 2.74. The smallest absolute Gasteiger partial charge is 0.0642 e. The van der Waals surface area contributed by atoms with Crippen LogP contribution in [0.25, 0.3) is 0 Å². The molecule has 1 aromatic rings. The minimum Gasteiger partial charge on any atom is -0.378 e. The summed E-state index contributed by atoms with van der Waals surface area (Å²) in [5.74, 6) is 0.645. The van der Waals surface area contributed by atoms with E-state index in [4.69, 9.17) is 4.74 Å². The second-order valence-electron chi connectivity index (χ2n) is 4.39. The maximum atomic E-state index is 5.39. The number of ether oxygens (including phenoxy) is 1. The molecule has 0 saturated carbocycles. The molecule has 2 aliphatic heterocycles. The number of hydrogen-bond donors (Lipinski definition) is 1. The number of pyridine rings is 1. The van der Waals surface area contributed by atoms with Crippen LogP contribution in [0.3, 0.4) is 0 Å². The van der Waals surface area contributed by atoms with Gasteiger partial charge in [-0.2, -0.15) is 0 Å². The molecule has 0 atom stereocenters. The molecule has 86 valence electrons. The summed E-state index contributed by atoms with van der Waals surface area (Å²) in [6.45, 7) is 5.84. The standard InChI is InChI=1S/C12H17N3O/c1-2-13-9-11(10-7-14-8-10)12(1)15-3-5-16-6-4-15/h1-2,9-10,14H,3-8H2. The molecule has 2 saturated heterocycles. The van der Waals surface area contributed by atoms with E-state index < -0.39 is 0 Å². The van der Waals surface area contributed by atoms with Gasteiger partial charge in [-0.25, -0.2) is 0 Å². The largest absolute Gasteiger partial charge is 0.378 e. The summed E-state index contributed by atoms with van der Waals surface area (Å²) >= 11 is 0. The molecule has 3 rings (SSSR count). The van der Waals surface area contributed by atoms with Gasteiger partial charge in [0.2, 0.25) is 0 Å². The SMILES string of the molecule is c1cc(N2CCOCC2)c(C2CNC2)cn1. The zero-order chi connectivity index (χ0) is 10.8. The van der Waals surface area contributed by atoms with Crippen LogP contribution in [-0.4, -0.2) is 44.4 Å². The number of hydrogen-bond acceptors (Lipinski definition) is 4.